The first-order valence-corrected chi connectivity index (χ1v) is 14.7. The van der Waals surface area contributed by atoms with Crippen LogP contribution < -0.4 is 37.2 Å². The molecule has 0 aromatic heterocycles. The quantitative estimate of drug-likeness (QED) is 0.225. The summed E-state index contributed by atoms with van der Waals surface area (Å²) in [6.45, 7) is 5.32. The maximum absolute atomic E-state index is 6.82. The molecule has 0 bridgehead atoms. The summed E-state index contributed by atoms with van der Waals surface area (Å²) in [7, 11) is 0. The van der Waals surface area contributed by atoms with E-state index in [4.69, 9.17) is 18.9 Å². The Morgan fingerprint density at radius 2 is 0.955 bits per heavy atom. The van der Waals surface area contributed by atoms with Gasteiger partial charge in [0.2, 0.25) is 0 Å². The number of rotatable bonds is 8. The molecule has 1 atom stereocenters. The molecule has 2 aliphatic rings. The van der Waals surface area contributed by atoms with Crippen molar-refractivity contribution in [2.24, 2.45) is 0 Å². The fraction of sp³-hybridized carbons (Fsp3) is 0.222. The van der Waals surface area contributed by atoms with Crippen LogP contribution in [0, 0.1) is 0 Å². The van der Waals surface area contributed by atoms with Crippen LogP contribution in [0.25, 0.3) is 0 Å². The molecule has 0 radical (unpaired) electrons. The zero-order valence-electron chi connectivity index (χ0n) is 24.6. The second-order valence-electron chi connectivity index (χ2n) is 10.3. The number of hydrogen-bond donors (Lipinski definition) is 0. The Hall–Kier alpha value is -2.38. The summed E-state index contributed by atoms with van der Waals surface area (Å²) in [4.78, 5) is 0. The third-order valence-electron chi connectivity index (χ3n) is 6.89. The van der Waals surface area contributed by atoms with E-state index in [-0.39, 0.29) is 61.3 Å². The summed E-state index contributed by atoms with van der Waals surface area (Å²) in [5, 5.41) is 0. The molecule has 6 rings (SSSR count). The maximum atomic E-state index is 6.82. The average Bonchev–Trinajstić information content (AvgIpc) is 3.59. The van der Waals surface area contributed by atoms with E-state index in [0.29, 0.717) is 0 Å². The number of allylic oxidation sites excluding steroid dienone is 2. The number of benzene rings is 4. The van der Waals surface area contributed by atoms with Crippen molar-refractivity contribution < 1.29 is 76.6 Å². The van der Waals surface area contributed by atoms with Crippen LogP contribution in [0.1, 0.15) is 48.3 Å². The van der Waals surface area contributed by atoms with Crippen molar-refractivity contribution in [2.75, 3.05) is 13.2 Å². The normalized spacial score (nSPS) is 16.4. The predicted octanol–water partition coefficient (Wildman–Crippen LogP) is -0.923. The Balaban J connectivity index is 0.000000598. The molecule has 1 aliphatic carbocycles. The molecule has 0 spiro atoms. The molecular formula is C36H35Cl3O4Ti. The molecular weight excluding hydrogens is 651 g/mol. The van der Waals surface area contributed by atoms with Crippen molar-refractivity contribution in [3.63, 3.8) is 0 Å². The molecule has 44 heavy (non-hydrogen) atoms. The van der Waals surface area contributed by atoms with Gasteiger partial charge in [-0.15, -0.1) is 0 Å². The molecule has 8 heteroatoms. The minimum absolute atomic E-state index is 0. The minimum atomic E-state index is -0.306. The first-order chi connectivity index (χ1) is 20.0. The molecule has 4 aromatic rings. The number of hydrogen-bond acceptors (Lipinski definition) is 4. The fourth-order valence-electron chi connectivity index (χ4n) is 4.82. The molecule has 1 aliphatic heterocycles. The van der Waals surface area contributed by atoms with E-state index < -0.39 is 0 Å². The Kier molecular flexibility index (Phi) is 15.9. The van der Waals surface area contributed by atoms with Gasteiger partial charge < -0.3 is 46.7 Å². The third kappa shape index (κ3) is 10.3. The molecule has 0 N–H and O–H groups in total. The molecule has 0 amide bonds. The van der Waals surface area contributed by atoms with Crippen LogP contribution in [-0.4, -0.2) is 25.1 Å². The summed E-state index contributed by atoms with van der Waals surface area (Å²) < 4.78 is 24.9. The molecule has 1 heterocycles. The molecule has 1 saturated heterocycles. The predicted molar refractivity (Wildman–Crippen MR) is 158 cm³/mol. The van der Waals surface area contributed by atoms with E-state index in [9.17, 15) is 0 Å². The van der Waals surface area contributed by atoms with Crippen LogP contribution in [0.5, 0.6) is 0 Å². The Labute approximate surface area is 291 Å². The zero-order valence-corrected chi connectivity index (χ0v) is 28.4. The van der Waals surface area contributed by atoms with Gasteiger partial charge in [-0.25, -0.2) is 0 Å². The first-order valence-electron chi connectivity index (χ1n) is 13.9. The van der Waals surface area contributed by atoms with E-state index >= 15 is 0 Å². The van der Waals surface area contributed by atoms with Crippen molar-refractivity contribution in [1.29, 1.82) is 0 Å². The molecule has 228 valence electrons. The molecule has 1 fully saturated rings. The topological polar surface area (TPSA) is 36.9 Å². The fourth-order valence-corrected chi connectivity index (χ4v) is 5.28. The Morgan fingerprint density at radius 1 is 0.591 bits per heavy atom. The Bertz CT molecular complexity index is 1350. The second-order valence-corrected chi connectivity index (χ2v) is 11.2. The van der Waals surface area contributed by atoms with E-state index in [2.05, 4.69) is 124 Å². The SMILES string of the molecule is CC1(C)OCCO1.[Cl-].[Cl-].[Cl-].[Ti+3][C]1=CC=C(OC(c2ccccc2)c2ccccc2)[C@@H]1OC(c1ccccc1)c1ccccc1. The van der Waals surface area contributed by atoms with Crippen molar-refractivity contribution in [1.82, 2.24) is 0 Å². The van der Waals surface area contributed by atoms with Gasteiger partial charge in [-0.2, -0.15) is 0 Å². The van der Waals surface area contributed by atoms with E-state index in [1.807, 2.05) is 44.2 Å². The van der Waals surface area contributed by atoms with Crippen LogP contribution in [0.4, 0.5) is 0 Å². The summed E-state index contributed by atoms with van der Waals surface area (Å²) in [6, 6.07) is 41.5. The monoisotopic (exact) mass is 684 g/mol. The van der Waals surface area contributed by atoms with Crippen molar-refractivity contribution in [2.45, 2.75) is 37.9 Å². The van der Waals surface area contributed by atoms with Crippen LogP contribution >= 0.6 is 0 Å². The van der Waals surface area contributed by atoms with Gasteiger partial charge in [0.05, 0.1) is 13.2 Å². The van der Waals surface area contributed by atoms with E-state index in [1.165, 1.54) is 0 Å². The summed E-state index contributed by atoms with van der Waals surface area (Å²) in [6.07, 6.45) is 3.46. The van der Waals surface area contributed by atoms with E-state index in [1.54, 1.807) is 0 Å². The molecule has 0 saturated carbocycles. The third-order valence-corrected chi connectivity index (χ3v) is 7.56. The molecule has 4 nitrogen and oxygen atoms in total. The molecule has 4 aromatic carbocycles. The van der Waals surface area contributed by atoms with Crippen molar-refractivity contribution in [3.8, 4) is 0 Å². The summed E-state index contributed by atoms with van der Waals surface area (Å²) in [5.74, 6) is 0.520. The number of halogens is 3. The van der Waals surface area contributed by atoms with Crippen LogP contribution in [-0.2, 0) is 39.4 Å². The van der Waals surface area contributed by atoms with Crippen LogP contribution in [0.2, 0.25) is 0 Å². The van der Waals surface area contributed by atoms with E-state index in [0.717, 1.165) is 45.1 Å². The second kappa shape index (κ2) is 18.6. The van der Waals surface area contributed by atoms with Gasteiger partial charge in [-0.1, -0.05) is 0 Å². The molecule has 0 unspecified atom stereocenters. The van der Waals surface area contributed by atoms with Gasteiger partial charge in [0.25, 0.3) is 0 Å². The van der Waals surface area contributed by atoms with Gasteiger partial charge in [0.15, 0.2) is 5.79 Å². The van der Waals surface area contributed by atoms with Gasteiger partial charge >= 0.3 is 214 Å². The van der Waals surface area contributed by atoms with Crippen LogP contribution in [0.3, 0.4) is 0 Å². The van der Waals surface area contributed by atoms with Gasteiger partial charge in [0, 0.05) is 0 Å². The Morgan fingerprint density at radius 3 is 1.30 bits per heavy atom. The van der Waals surface area contributed by atoms with Crippen LogP contribution in [0.15, 0.2) is 143 Å². The van der Waals surface area contributed by atoms with Crippen molar-refractivity contribution in [3.05, 3.63) is 165 Å². The first kappa shape index (κ1) is 37.8. The standard InChI is InChI=1S/C31H25O2.C5H10O2.3ClH.Ti/c1-5-14-24(15-6-1)30(25-16-7-2-8-17-25)32-28-22-13-23-29(28)33-31(26-18-9-3-10-19-26)27-20-11-4-12-21-27;1-5(2)6-3-4-7-5;;;;/h1-22,29-31H;3-4H2,1-2H3;3*1H;/q;;;;;+3/p-3/t29-;;;;;/m1...../s1. The van der Waals surface area contributed by atoms with Crippen molar-refractivity contribution >= 4 is 0 Å². The van der Waals surface area contributed by atoms with Gasteiger partial charge in [0.1, 0.15) is 0 Å². The van der Waals surface area contributed by atoms with Gasteiger partial charge in [-0.3, -0.25) is 0 Å². The summed E-state index contributed by atoms with van der Waals surface area (Å²) in [5.41, 5.74) is 4.46. The average molecular weight is 686 g/mol. The van der Waals surface area contributed by atoms with Gasteiger partial charge in [-0.05, 0) is 13.8 Å². The summed E-state index contributed by atoms with van der Waals surface area (Å²) >= 11 is 2.10. The number of ether oxygens (including phenoxy) is 4. The zero-order chi connectivity index (χ0) is 28.5.